The molecular formula is C24H35N3O5. The van der Waals surface area contributed by atoms with Crippen LogP contribution in [0.1, 0.15) is 56.3 Å². The van der Waals surface area contributed by atoms with Gasteiger partial charge in [0.2, 0.25) is 11.8 Å². The summed E-state index contributed by atoms with van der Waals surface area (Å²) in [6.45, 7) is 6.58. The zero-order valence-corrected chi connectivity index (χ0v) is 19.2. The van der Waals surface area contributed by atoms with E-state index in [0.29, 0.717) is 70.0 Å². The maximum Gasteiger partial charge on any atom is 0.257 e. The Labute approximate surface area is 190 Å². The van der Waals surface area contributed by atoms with Crippen molar-refractivity contribution in [1.29, 1.82) is 0 Å². The fraction of sp³-hybridized carbons (Fsp3) is 0.625. The smallest absolute Gasteiger partial charge is 0.257 e. The summed E-state index contributed by atoms with van der Waals surface area (Å²) in [6, 6.07) is 6.66. The molecule has 3 rings (SSSR count). The van der Waals surface area contributed by atoms with Gasteiger partial charge < -0.3 is 25.0 Å². The first-order valence-electron chi connectivity index (χ1n) is 11.6. The maximum atomic E-state index is 13.3. The molecule has 8 nitrogen and oxygen atoms in total. The molecule has 0 radical (unpaired) electrons. The minimum Gasteiger partial charge on any atom is -0.493 e. The van der Waals surface area contributed by atoms with Gasteiger partial charge in [-0.15, -0.1) is 0 Å². The third kappa shape index (κ3) is 5.79. The summed E-state index contributed by atoms with van der Waals surface area (Å²) in [5, 5.41) is 5.71. The van der Waals surface area contributed by atoms with Crippen molar-refractivity contribution >= 4 is 17.7 Å². The predicted molar refractivity (Wildman–Crippen MR) is 120 cm³/mol. The molecule has 176 valence electrons. The number of hydrogen-bond donors (Lipinski definition) is 2. The third-order valence-electron chi connectivity index (χ3n) is 6.39. The van der Waals surface area contributed by atoms with Crippen molar-refractivity contribution in [1.82, 2.24) is 15.5 Å². The Morgan fingerprint density at radius 3 is 2.66 bits per heavy atom. The minimum atomic E-state index is -0.613. The number of benzene rings is 1. The highest BCUT2D eigenvalue weighted by molar-refractivity contribution is 5.97. The lowest BCUT2D eigenvalue weighted by Crippen LogP contribution is -2.54. The van der Waals surface area contributed by atoms with Crippen LogP contribution in [0.25, 0.3) is 0 Å². The van der Waals surface area contributed by atoms with Crippen molar-refractivity contribution in [3.05, 3.63) is 29.8 Å². The van der Waals surface area contributed by atoms with Crippen LogP contribution in [0.4, 0.5) is 0 Å². The van der Waals surface area contributed by atoms with E-state index in [1.807, 2.05) is 19.1 Å². The van der Waals surface area contributed by atoms with E-state index in [2.05, 4.69) is 10.6 Å². The number of piperidine rings is 1. The van der Waals surface area contributed by atoms with Gasteiger partial charge in [0.05, 0.1) is 24.2 Å². The van der Waals surface area contributed by atoms with Gasteiger partial charge >= 0.3 is 0 Å². The van der Waals surface area contributed by atoms with Gasteiger partial charge in [-0.25, -0.2) is 0 Å². The molecule has 2 aliphatic rings. The van der Waals surface area contributed by atoms with Gasteiger partial charge in [0, 0.05) is 26.2 Å². The van der Waals surface area contributed by atoms with E-state index < -0.39 is 11.5 Å². The molecule has 3 amide bonds. The molecule has 2 saturated heterocycles. The molecule has 8 heteroatoms. The maximum absolute atomic E-state index is 13.3. The van der Waals surface area contributed by atoms with E-state index in [1.54, 1.807) is 24.0 Å². The Bertz CT molecular complexity index is 805. The largest absolute Gasteiger partial charge is 0.493 e. The molecule has 32 heavy (non-hydrogen) atoms. The minimum absolute atomic E-state index is 0.0740. The second-order valence-electron chi connectivity index (χ2n) is 8.56. The topological polar surface area (TPSA) is 97.0 Å². The molecule has 0 aromatic heterocycles. The van der Waals surface area contributed by atoms with Crippen LogP contribution in [0, 0.1) is 5.41 Å². The lowest BCUT2D eigenvalue weighted by atomic mass is 9.73. The van der Waals surface area contributed by atoms with Gasteiger partial charge in [-0.05, 0) is 51.7 Å². The van der Waals surface area contributed by atoms with Gasteiger partial charge in [-0.1, -0.05) is 18.6 Å². The summed E-state index contributed by atoms with van der Waals surface area (Å²) in [7, 11) is 0. The fourth-order valence-electron chi connectivity index (χ4n) is 4.41. The molecule has 0 bridgehead atoms. The van der Waals surface area contributed by atoms with Crippen LogP contribution >= 0.6 is 0 Å². The Morgan fingerprint density at radius 2 is 1.91 bits per heavy atom. The van der Waals surface area contributed by atoms with Crippen molar-refractivity contribution in [2.24, 2.45) is 5.41 Å². The van der Waals surface area contributed by atoms with E-state index in [0.717, 1.165) is 12.8 Å². The first kappa shape index (κ1) is 24.0. The number of likely N-dealkylation sites (tertiary alicyclic amines) is 1. The number of amides is 3. The summed E-state index contributed by atoms with van der Waals surface area (Å²) in [6.07, 6.45) is 3.58. The summed E-state index contributed by atoms with van der Waals surface area (Å²) in [5.41, 5.74) is -0.0362. The Balaban J connectivity index is 1.71. The summed E-state index contributed by atoms with van der Waals surface area (Å²) >= 11 is 0. The molecule has 1 aromatic carbocycles. The highest BCUT2D eigenvalue weighted by atomic mass is 16.5. The lowest BCUT2D eigenvalue weighted by Gasteiger charge is -2.41. The zero-order chi connectivity index (χ0) is 23.0. The van der Waals surface area contributed by atoms with Crippen molar-refractivity contribution in [2.75, 3.05) is 39.5 Å². The van der Waals surface area contributed by atoms with E-state index in [4.69, 9.17) is 9.47 Å². The molecule has 2 N–H and O–H groups in total. The molecule has 2 fully saturated rings. The first-order valence-corrected chi connectivity index (χ1v) is 11.6. The standard InChI is InChI=1S/C24H35N3O5/c1-3-32-20-9-5-4-8-19(20)22(29)27-14-11-24(12-15-27)10-6-7-16-31-17-13-25-21(28)18(2)26-23(24)30/h4-5,8-9,18H,3,6-7,10-17H2,1-2H3,(H,25,28)(H,26,30)/t18-/m0/s1. The van der Waals surface area contributed by atoms with E-state index in [-0.39, 0.29) is 17.7 Å². The molecular weight excluding hydrogens is 410 g/mol. The number of carbonyl (C=O) groups excluding carboxylic acids is 3. The normalized spacial score (nSPS) is 22.7. The molecule has 0 aliphatic carbocycles. The quantitative estimate of drug-likeness (QED) is 0.743. The highest BCUT2D eigenvalue weighted by Crippen LogP contribution is 2.38. The van der Waals surface area contributed by atoms with Crippen LogP contribution in [-0.2, 0) is 14.3 Å². The fourth-order valence-corrected chi connectivity index (χ4v) is 4.41. The number of hydrogen-bond acceptors (Lipinski definition) is 5. The van der Waals surface area contributed by atoms with Crippen LogP contribution in [0.2, 0.25) is 0 Å². The highest BCUT2D eigenvalue weighted by Gasteiger charge is 2.42. The van der Waals surface area contributed by atoms with Gasteiger partial charge in [0.1, 0.15) is 11.8 Å². The molecule has 0 saturated carbocycles. The van der Waals surface area contributed by atoms with Crippen molar-refractivity contribution in [2.45, 2.75) is 52.0 Å². The van der Waals surface area contributed by atoms with Crippen molar-refractivity contribution < 1.29 is 23.9 Å². The average Bonchev–Trinajstić information content (AvgIpc) is 2.81. The lowest BCUT2D eigenvalue weighted by molar-refractivity contribution is -0.137. The van der Waals surface area contributed by atoms with Crippen LogP contribution in [-0.4, -0.2) is 68.1 Å². The average molecular weight is 446 g/mol. The zero-order valence-electron chi connectivity index (χ0n) is 19.2. The number of ether oxygens (including phenoxy) is 2. The summed E-state index contributed by atoms with van der Waals surface area (Å²) in [5.74, 6) is 0.202. The number of nitrogens with one attached hydrogen (secondary N) is 2. The summed E-state index contributed by atoms with van der Waals surface area (Å²) < 4.78 is 11.2. The molecule has 1 atom stereocenters. The summed E-state index contributed by atoms with van der Waals surface area (Å²) in [4.78, 5) is 40.5. The van der Waals surface area contributed by atoms with Gasteiger partial charge in [-0.2, -0.15) is 0 Å². The van der Waals surface area contributed by atoms with Gasteiger partial charge in [0.15, 0.2) is 0 Å². The number of nitrogens with zero attached hydrogens (tertiary/aromatic N) is 1. The second kappa shape index (κ2) is 11.3. The van der Waals surface area contributed by atoms with Crippen LogP contribution in [0.5, 0.6) is 5.75 Å². The van der Waals surface area contributed by atoms with Crippen molar-refractivity contribution in [3.63, 3.8) is 0 Å². The number of para-hydroxylation sites is 1. The Morgan fingerprint density at radius 1 is 1.16 bits per heavy atom. The molecule has 2 aliphatic heterocycles. The molecule has 0 unspecified atom stereocenters. The molecule has 1 aromatic rings. The number of carbonyl (C=O) groups is 3. The molecule has 1 spiro atoms. The van der Waals surface area contributed by atoms with E-state index >= 15 is 0 Å². The Hall–Kier alpha value is -2.61. The predicted octanol–water partition coefficient (Wildman–Crippen LogP) is 2.13. The molecule has 2 heterocycles. The number of rotatable bonds is 3. The van der Waals surface area contributed by atoms with E-state index in [1.165, 1.54) is 0 Å². The second-order valence-corrected chi connectivity index (χ2v) is 8.56. The van der Waals surface area contributed by atoms with Crippen LogP contribution < -0.4 is 15.4 Å². The van der Waals surface area contributed by atoms with Crippen molar-refractivity contribution in [3.8, 4) is 5.75 Å². The first-order chi connectivity index (χ1) is 15.5. The van der Waals surface area contributed by atoms with Crippen LogP contribution in [0.3, 0.4) is 0 Å². The van der Waals surface area contributed by atoms with Gasteiger partial charge in [0.25, 0.3) is 5.91 Å². The van der Waals surface area contributed by atoms with Gasteiger partial charge in [-0.3, -0.25) is 14.4 Å². The van der Waals surface area contributed by atoms with E-state index in [9.17, 15) is 14.4 Å². The van der Waals surface area contributed by atoms with Crippen LogP contribution in [0.15, 0.2) is 24.3 Å². The SMILES string of the molecule is CCOc1ccccc1C(=O)N1CCC2(CCCCOCCNC(=O)[C@H](C)NC2=O)CC1. The third-order valence-corrected chi connectivity index (χ3v) is 6.39. The monoisotopic (exact) mass is 445 g/mol. The Kier molecular flexibility index (Phi) is 8.50.